The van der Waals surface area contributed by atoms with Crippen LogP contribution in [0.1, 0.15) is 0 Å². The first-order valence-electron chi connectivity index (χ1n) is 0.309. The van der Waals surface area contributed by atoms with Crippen LogP contribution in [-0.2, 0) is 3.84 Å². The molecule has 5 heteroatoms. The average Bonchev–Trinajstić information content (AvgIpc) is 0.918. The van der Waals surface area contributed by atoms with Gasteiger partial charge in [0.1, 0.15) is 0 Å². The fourth-order valence-corrected chi connectivity index (χ4v) is 0. The molecule has 0 saturated carbocycles. The largest absolute Gasteiger partial charge is 0.316 e. The molecule has 1 nitrogen and oxygen atoms in total. The summed E-state index contributed by atoms with van der Waals surface area (Å²) in [6.45, 7) is 0. The molecule has 0 N–H and O–H groups in total. The van der Waals surface area contributed by atoms with Gasteiger partial charge in [0.25, 0.3) is 0 Å². The summed E-state index contributed by atoms with van der Waals surface area (Å²) < 4.78 is 3.19. The maximum absolute atomic E-state index is 4.26. The summed E-state index contributed by atoms with van der Waals surface area (Å²) in [6, 6.07) is 0. The number of rotatable bonds is 0. The smallest absolute Gasteiger partial charge is 0.166 e. The lowest BCUT2D eigenvalue weighted by molar-refractivity contribution is 0.697. The van der Waals surface area contributed by atoms with Gasteiger partial charge in [-0.15, -0.1) is 0 Å². The van der Waals surface area contributed by atoms with Gasteiger partial charge in [0, 0.05) is 0 Å². The fourth-order valence-electron chi connectivity index (χ4n) is 0. The Bertz CT molecular complexity index is 7.61. The van der Waals surface area contributed by atoms with Crippen molar-refractivity contribution in [2.75, 3.05) is 0 Å². The minimum Gasteiger partial charge on any atom is -0.166 e. The monoisotopic (exact) mass is 138 g/mol. The van der Waals surface area contributed by atoms with E-state index < -0.39 is 0 Å². The Morgan fingerprint density at radius 3 is 1.00 bits per heavy atom. The van der Waals surface area contributed by atoms with Gasteiger partial charge in [-0.3, -0.25) is 0 Å². The third-order valence-electron chi connectivity index (χ3n) is 0. The van der Waals surface area contributed by atoms with Crippen molar-refractivity contribution in [3.05, 3.63) is 0 Å². The molecule has 0 saturated heterocycles. The number of hydrogen-bond acceptors (Lipinski definition) is 1. The van der Waals surface area contributed by atoms with E-state index in [0.29, 0.717) is 0 Å². The van der Waals surface area contributed by atoms with Gasteiger partial charge in [0.05, 0.1) is 23.7 Å². The van der Waals surface area contributed by atoms with Gasteiger partial charge in [0.2, 0.25) is 0 Å². The van der Waals surface area contributed by atoms with Gasteiger partial charge in [-0.1, -0.05) is 0 Å². The molecule has 0 aliphatic carbocycles. The Kier molecular flexibility index (Phi) is 52.1. The lowest BCUT2D eigenvalue weighted by atomic mass is 15.9. The molecule has 0 aromatic heterocycles. The Morgan fingerprint density at radius 2 is 1.00 bits per heavy atom. The molecule has 0 heterocycles. The van der Waals surface area contributed by atoms with E-state index >= 15 is 0 Å². The summed E-state index contributed by atoms with van der Waals surface area (Å²) in [6.07, 6.45) is 0. The van der Waals surface area contributed by atoms with Crippen LogP contribution in [0.4, 0.5) is 0 Å². The summed E-state index contributed by atoms with van der Waals surface area (Å²) in [5, 5.41) is 0. The zero-order valence-electron chi connectivity index (χ0n) is 1.16. The Labute approximate surface area is 73.0 Å². The summed E-state index contributed by atoms with van der Waals surface area (Å²) in [7, 11) is 0. The molecule has 0 aromatic carbocycles. The predicted octanol–water partition coefficient (Wildman–Crippen LogP) is -0.522. The van der Waals surface area contributed by atoms with Crippen LogP contribution in [0.25, 0.3) is 0 Å². The number of halogens is 2. The van der Waals surface area contributed by atoms with E-state index in [-0.39, 0.29) is 46.1 Å². The van der Waals surface area contributed by atoms with E-state index in [1.807, 2.05) is 0 Å². The highest BCUT2D eigenvalue weighted by Crippen LogP contribution is 1.78. The Hall–Kier alpha value is 2.07. The molecule has 0 rings (SSSR count). The quantitative estimate of drug-likeness (QED) is 0.411. The van der Waals surface area contributed by atoms with Crippen molar-refractivity contribution < 1.29 is 3.84 Å². The molecular weight excluding hydrogens is 136 g/mol. The van der Waals surface area contributed by atoms with Crippen molar-refractivity contribution in [3.63, 3.8) is 0 Å². The average molecular weight is 140 g/mol. The maximum atomic E-state index is 4.26. The first kappa shape index (κ1) is 15.7. The molecular formula is H4Cl2Mg2O. The second-order valence-corrected chi connectivity index (χ2v) is 0.525. The zero-order valence-corrected chi connectivity index (χ0v) is 2.68. The minimum absolute atomic E-state index is 0. The van der Waals surface area contributed by atoms with Crippen molar-refractivity contribution in [2.24, 2.45) is 0 Å². The van der Waals surface area contributed by atoms with Gasteiger partial charge in [0.15, 0.2) is 0 Å². The first-order valence-corrected chi connectivity index (χ1v) is 0.926. The SMILES string of the molecule is ClOCl.[MgH2].[MgH2]. The second kappa shape index (κ2) is 16.6. The highest BCUT2D eigenvalue weighted by atomic mass is 35.6. The van der Waals surface area contributed by atoms with E-state index in [2.05, 4.69) is 27.6 Å². The van der Waals surface area contributed by atoms with Gasteiger partial charge >= 0.3 is 46.1 Å². The standard InChI is InChI=1S/Cl2O.2Mg.4H/c1-3-2;;;;;;. The fraction of sp³-hybridized carbons (Fsp3) is 0. The summed E-state index contributed by atoms with van der Waals surface area (Å²) >= 11 is 8.53. The summed E-state index contributed by atoms with van der Waals surface area (Å²) in [4.78, 5) is 0. The molecule has 0 radical (unpaired) electrons. The van der Waals surface area contributed by atoms with E-state index in [9.17, 15) is 0 Å². The van der Waals surface area contributed by atoms with Crippen molar-refractivity contribution in [1.29, 1.82) is 0 Å². The van der Waals surface area contributed by atoms with Crippen LogP contribution in [0.2, 0.25) is 0 Å². The van der Waals surface area contributed by atoms with E-state index in [1.165, 1.54) is 0 Å². The molecule has 5 heavy (non-hydrogen) atoms. The van der Waals surface area contributed by atoms with Crippen molar-refractivity contribution in [2.45, 2.75) is 0 Å². The lowest BCUT2D eigenvalue weighted by Crippen LogP contribution is -1.15. The van der Waals surface area contributed by atoms with Gasteiger partial charge in [-0.25, -0.2) is 0 Å². The van der Waals surface area contributed by atoms with Crippen LogP contribution in [-0.4, -0.2) is 46.1 Å². The van der Waals surface area contributed by atoms with Crippen LogP contribution in [0.5, 0.6) is 0 Å². The molecule has 0 bridgehead atoms. The molecule has 0 aliphatic rings. The zero-order chi connectivity index (χ0) is 2.71. The molecule has 0 spiro atoms. The third kappa shape index (κ3) is 23.4. The van der Waals surface area contributed by atoms with Gasteiger partial charge < -0.3 is 0 Å². The normalized spacial score (nSPS) is 3.60. The predicted molar refractivity (Wildman–Crippen MR) is 29.9 cm³/mol. The molecule has 0 fully saturated rings. The topological polar surface area (TPSA) is 9.23 Å². The van der Waals surface area contributed by atoms with Crippen LogP contribution in [0.3, 0.4) is 0 Å². The molecule has 0 aromatic rings. The van der Waals surface area contributed by atoms with Crippen molar-refractivity contribution >= 4 is 69.8 Å². The Balaban J connectivity index is -0.0000000200. The minimum atomic E-state index is 0. The van der Waals surface area contributed by atoms with Crippen LogP contribution < -0.4 is 0 Å². The highest BCUT2D eigenvalue weighted by Gasteiger charge is 1.38. The van der Waals surface area contributed by atoms with Crippen LogP contribution in [0.15, 0.2) is 0 Å². The molecule has 0 unspecified atom stereocenters. The van der Waals surface area contributed by atoms with Gasteiger partial charge in [-0.2, -0.15) is 3.84 Å². The van der Waals surface area contributed by atoms with E-state index in [4.69, 9.17) is 0 Å². The first-order chi connectivity index (χ1) is 1.41. The summed E-state index contributed by atoms with van der Waals surface area (Å²) in [5.74, 6) is 0. The summed E-state index contributed by atoms with van der Waals surface area (Å²) in [5.41, 5.74) is 0. The molecule has 0 atom stereocenters. The Morgan fingerprint density at radius 1 is 1.00 bits per heavy atom. The third-order valence-corrected chi connectivity index (χ3v) is 0. The number of hydrogen-bond donors (Lipinski definition) is 0. The molecule has 28 valence electrons. The molecule has 0 aliphatic heterocycles. The maximum Gasteiger partial charge on any atom is 0.316 e. The molecule has 0 amide bonds. The highest BCUT2D eigenvalue weighted by molar-refractivity contribution is 6.24. The van der Waals surface area contributed by atoms with Crippen LogP contribution in [0, 0.1) is 0 Å². The van der Waals surface area contributed by atoms with E-state index in [1.54, 1.807) is 0 Å². The van der Waals surface area contributed by atoms with Gasteiger partial charge in [-0.05, 0) is 0 Å². The van der Waals surface area contributed by atoms with Crippen LogP contribution >= 0.6 is 23.7 Å². The van der Waals surface area contributed by atoms with E-state index in [0.717, 1.165) is 0 Å². The van der Waals surface area contributed by atoms with Crippen molar-refractivity contribution in [3.8, 4) is 0 Å². The second-order valence-electron chi connectivity index (χ2n) is 0.0583. The lowest BCUT2D eigenvalue weighted by Gasteiger charge is -1.46. The van der Waals surface area contributed by atoms with Crippen molar-refractivity contribution in [1.82, 2.24) is 0 Å².